The molecule has 2 atom stereocenters. The Bertz CT molecular complexity index is 458. The van der Waals surface area contributed by atoms with Crippen LogP contribution in [0.15, 0.2) is 0 Å². The Labute approximate surface area is 133 Å². The number of piperazine rings is 1. The van der Waals surface area contributed by atoms with Crippen LogP contribution in [0.2, 0.25) is 0 Å². The molecule has 2 rings (SSSR count). The second-order valence-corrected chi connectivity index (χ2v) is 6.34. The van der Waals surface area contributed by atoms with Crippen molar-refractivity contribution in [3.63, 3.8) is 0 Å². The maximum absolute atomic E-state index is 12.5. The van der Waals surface area contributed by atoms with Gasteiger partial charge in [-0.1, -0.05) is 0 Å². The lowest BCUT2D eigenvalue weighted by molar-refractivity contribution is -0.153. The zero-order chi connectivity index (χ0) is 17.2. The van der Waals surface area contributed by atoms with Gasteiger partial charge in [-0.15, -0.1) is 0 Å². The molecule has 0 bridgehead atoms. The van der Waals surface area contributed by atoms with Crippen LogP contribution in [0.1, 0.15) is 19.8 Å². The fourth-order valence-electron chi connectivity index (χ4n) is 3.04. The minimum Gasteiger partial charge on any atom is -0.344 e. The van der Waals surface area contributed by atoms with Crippen molar-refractivity contribution in [1.82, 2.24) is 20.0 Å². The van der Waals surface area contributed by atoms with Gasteiger partial charge in [-0.05, 0) is 13.3 Å². The fraction of sp³-hybridized carbons (Fsp3) is 0.857. The average Bonchev–Trinajstić information content (AvgIpc) is 2.43. The van der Waals surface area contributed by atoms with E-state index in [0.717, 1.165) is 0 Å². The number of halogens is 3. The van der Waals surface area contributed by atoms with Crippen molar-refractivity contribution in [3.05, 3.63) is 0 Å². The number of urea groups is 1. The van der Waals surface area contributed by atoms with Crippen LogP contribution >= 0.6 is 0 Å². The molecule has 0 unspecified atom stereocenters. The van der Waals surface area contributed by atoms with Gasteiger partial charge in [-0.3, -0.25) is 9.69 Å². The number of amides is 3. The molecule has 0 spiro atoms. The van der Waals surface area contributed by atoms with Gasteiger partial charge >= 0.3 is 12.2 Å². The van der Waals surface area contributed by atoms with Crippen molar-refractivity contribution in [3.8, 4) is 0 Å². The third-order valence-electron chi connectivity index (χ3n) is 4.39. The van der Waals surface area contributed by atoms with Crippen molar-refractivity contribution in [2.75, 3.05) is 39.8 Å². The van der Waals surface area contributed by atoms with Gasteiger partial charge in [-0.25, -0.2) is 4.79 Å². The number of hydrogen-bond acceptors (Lipinski definition) is 3. The maximum Gasteiger partial charge on any atom is 0.401 e. The summed E-state index contributed by atoms with van der Waals surface area (Å²) in [6.45, 7) is 1.96. The Morgan fingerprint density at radius 1 is 1.30 bits per heavy atom. The summed E-state index contributed by atoms with van der Waals surface area (Å²) in [6.07, 6.45) is -3.23. The van der Waals surface area contributed by atoms with Crippen LogP contribution in [0.5, 0.6) is 0 Å². The highest BCUT2D eigenvalue weighted by Crippen LogP contribution is 2.20. The first-order valence-electron chi connectivity index (χ1n) is 7.76. The largest absolute Gasteiger partial charge is 0.401 e. The second kappa shape index (κ2) is 6.94. The summed E-state index contributed by atoms with van der Waals surface area (Å²) in [5.41, 5.74) is 0. The van der Waals surface area contributed by atoms with Gasteiger partial charge < -0.3 is 15.1 Å². The normalized spacial score (nSPS) is 27.3. The quantitative estimate of drug-likeness (QED) is 0.815. The summed E-state index contributed by atoms with van der Waals surface area (Å²) in [6, 6.07) is -0.711. The van der Waals surface area contributed by atoms with E-state index in [4.69, 9.17) is 0 Å². The van der Waals surface area contributed by atoms with E-state index in [0.29, 0.717) is 19.4 Å². The molecule has 0 aromatic heterocycles. The van der Waals surface area contributed by atoms with Crippen LogP contribution in [-0.4, -0.2) is 84.7 Å². The Morgan fingerprint density at radius 2 is 2.00 bits per heavy atom. The SMILES string of the molecule is C[C@H]1CN(C(=O)N[C@@H]2CCC(=O)N(C)C2)CCN1CC(F)(F)F. The molecule has 2 saturated heterocycles. The number of carbonyl (C=O) groups excluding carboxylic acids is 2. The minimum atomic E-state index is -4.22. The van der Waals surface area contributed by atoms with Gasteiger partial charge in [0.15, 0.2) is 0 Å². The molecule has 0 saturated carbocycles. The molecule has 6 nitrogen and oxygen atoms in total. The number of nitrogens with zero attached hydrogens (tertiary/aromatic N) is 3. The molecule has 2 fully saturated rings. The molecular weight excluding hydrogens is 313 g/mol. The van der Waals surface area contributed by atoms with Crippen LogP contribution in [0.4, 0.5) is 18.0 Å². The lowest BCUT2D eigenvalue weighted by Gasteiger charge is -2.41. The van der Waals surface area contributed by atoms with Crippen molar-refractivity contribution in [1.29, 1.82) is 0 Å². The zero-order valence-corrected chi connectivity index (χ0v) is 13.4. The first-order chi connectivity index (χ1) is 10.7. The van der Waals surface area contributed by atoms with Crippen molar-refractivity contribution in [2.24, 2.45) is 0 Å². The van der Waals surface area contributed by atoms with Gasteiger partial charge in [0.1, 0.15) is 0 Å². The lowest BCUT2D eigenvalue weighted by Crippen LogP contribution is -2.59. The number of hydrogen-bond donors (Lipinski definition) is 1. The first kappa shape index (κ1) is 17.8. The molecule has 2 aliphatic rings. The highest BCUT2D eigenvalue weighted by Gasteiger charge is 2.36. The summed E-state index contributed by atoms with van der Waals surface area (Å²) in [7, 11) is 1.69. The highest BCUT2D eigenvalue weighted by atomic mass is 19.4. The van der Waals surface area contributed by atoms with Gasteiger partial charge in [0.25, 0.3) is 0 Å². The topological polar surface area (TPSA) is 55.9 Å². The van der Waals surface area contributed by atoms with Crippen molar-refractivity contribution >= 4 is 11.9 Å². The van der Waals surface area contributed by atoms with Crippen LogP contribution in [0, 0.1) is 0 Å². The van der Waals surface area contributed by atoms with E-state index in [1.165, 1.54) is 4.90 Å². The predicted octanol–water partition coefficient (Wildman–Crippen LogP) is 0.885. The number of carbonyl (C=O) groups is 2. The summed E-state index contributed by atoms with van der Waals surface area (Å²) >= 11 is 0. The summed E-state index contributed by atoms with van der Waals surface area (Å²) in [5.74, 6) is 0.0601. The van der Waals surface area contributed by atoms with E-state index in [2.05, 4.69) is 5.32 Å². The molecule has 0 aliphatic carbocycles. The average molecular weight is 336 g/mol. The Kier molecular flexibility index (Phi) is 5.38. The molecule has 2 aliphatic heterocycles. The van der Waals surface area contributed by atoms with Crippen molar-refractivity contribution in [2.45, 2.75) is 38.0 Å². The number of nitrogens with one attached hydrogen (secondary N) is 1. The molecular formula is C14H23F3N4O2. The van der Waals surface area contributed by atoms with E-state index in [-0.39, 0.29) is 43.7 Å². The molecule has 0 aromatic rings. The van der Waals surface area contributed by atoms with Crippen LogP contribution < -0.4 is 5.32 Å². The molecule has 9 heteroatoms. The maximum atomic E-state index is 12.5. The number of likely N-dealkylation sites (tertiary alicyclic amines) is 1. The number of rotatable bonds is 2. The minimum absolute atomic E-state index is 0.0601. The first-order valence-corrected chi connectivity index (χ1v) is 7.76. The molecule has 1 N–H and O–H groups in total. The molecule has 3 amide bonds. The van der Waals surface area contributed by atoms with Gasteiger partial charge in [0.2, 0.25) is 5.91 Å². The number of alkyl halides is 3. The lowest BCUT2D eigenvalue weighted by atomic mass is 10.1. The summed E-state index contributed by atoms with van der Waals surface area (Å²) < 4.78 is 37.4. The van der Waals surface area contributed by atoms with Crippen LogP contribution in [0.3, 0.4) is 0 Å². The molecule has 2 heterocycles. The predicted molar refractivity (Wildman–Crippen MR) is 77.9 cm³/mol. The summed E-state index contributed by atoms with van der Waals surface area (Å²) in [5, 5.41) is 2.88. The third-order valence-corrected chi connectivity index (χ3v) is 4.39. The van der Waals surface area contributed by atoms with E-state index in [9.17, 15) is 22.8 Å². The molecule has 132 valence electrons. The molecule has 0 aromatic carbocycles. The molecule has 0 radical (unpaired) electrons. The highest BCUT2D eigenvalue weighted by molar-refractivity contribution is 5.78. The van der Waals surface area contributed by atoms with Gasteiger partial charge in [0.05, 0.1) is 6.54 Å². The number of piperidine rings is 1. The van der Waals surface area contributed by atoms with Crippen LogP contribution in [-0.2, 0) is 4.79 Å². The van der Waals surface area contributed by atoms with Gasteiger partial charge in [-0.2, -0.15) is 13.2 Å². The van der Waals surface area contributed by atoms with E-state index < -0.39 is 12.7 Å². The van der Waals surface area contributed by atoms with Crippen LogP contribution in [0.25, 0.3) is 0 Å². The smallest absolute Gasteiger partial charge is 0.344 e. The summed E-state index contributed by atoms with van der Waals surface area (Å²) in [4.78, 5) is 28.2. The second-order valence-electron chi connectivity index (χ2n) is 6.34. The number of likely N-dealkylation sites (N-methyl/N-ethyl adjacent to an activating group) is 1. The van der Waals surface area contributed by atoms with E-state index in [1.807, 2.05) is 0 Å². The van der Waals surface area contributed by atoms with E-state index >= 15 is 0 Å². The fourth-order valence-corrected chi connectivity index (χ4v) is 3.04. The van der Waals surface area contributed by atoms with Crippen molar-refractivity contribution < 1.29 is 22.8 Å². The molecule has 23 heavy (non-hydrogen) atoms. The zero-order valence-electron chi connectivity index (χ0n) is 13.4. The standard InChI is InChI=1S/C14H23F3N4O2/c1-10-7-20(5-6-21(10)9-14(15,16)17)13(23)18-11-3-4-12(22)19(2)8-11/h10-11H,3-9H2,1-2H3,(H,18,23)/t10-,11+/m0/s1. The van der Waals surface area contributed by atoms with E-state index in [1.54, 1.807) is 23.8 Å². The third kappa shape index (κ3) is 4.98. The Morgan fingerprint density at radius 3 is 2.57 bits per heavy atom. The monoisotopic (exact) mass is 336 g/mol. The Hall–Kier alpha value is -1.51. The van der Waals surface area contributed by atoms with Gasteiger partial charge in [0, 0.05) is 51.7 Å². The Balaban J connectivity index is 1.82.